The van der Waals surface area contributed by atoms with E-state index in [2.05, 4.69) is 22.9 Å². The summed E-state index contributed by atoms with van der Waals surface area (Å²) in [6.07, 6.45) is 5.97. The molecule has 0 aromatic heterocycles. The lowest BCUT2D eigenvalue weighted by atomic mass is 9.93. The second kappa shape index (κ2) is 2.40. The van der Waals surface area contributed by atoms with Gasteiger partial charge in [-0.1, -0.05) is 12.1 Å². The molecule has 0 spiro atoms. The molecule has 0 N–H and O–H groups in total. The molecule has 1 nitrogen and oxygen atoms in total. The van der Waals surface area contributed by atoms with Gasteiger partial charge in [-0.15, -0.1) is 0 Å². The lowest BCUT2D eigenvalue weighted by molar-refractivity contribution is 1.06. The highest BCUT2D eigenvalue weighted by Gasteiger charge is 1.92. The molecule has 35 valence electrons. The van der Waals surface area contributed by atoms with Gasteiger partial charge in [-0.25, -0.2) is 0 Å². The first-order chi connectivity index (χ1) is 3.39. The molecule has 1 radical (unpaired) electrons. The molecule has 3 heteroatoms. The van der Waals surface area contributed by atoms with Gasteiger partial charge in [0.15, 0.2) is 0 Å². The van der Waals surface area contributed by atoms with Crippen LogP contribution in [0.4, 0.5) is 0 Å². The standard InChI is InChI=1S/C4H4BIN/c6-7-4-2-1-3-5-7/h1-4H. The average molecular weight is 204 g/mol. The molecule has 0 saturated carbocycles. The van der Waals surface area contributed by atoms with Crippen LogP contribution in [0, 0.1) is 0 Å². The Morgan fingerprint density at radius 1 is 1.43 bits per heavy atom. The van der Waals surface area contributed by atoms with Crippen LogP contribution in [-0.4, -0.2) is 10.4 Å². The van der Waals surface area contributed by atoms with Crippen molar-refractivity contribution in [1.29, 1.82) is 0 Å². The van der Waals surface area contributed by atoms with Crippen molar-refractivity contribution in [1.82, 2.24) is 3.02 Å². The highest BCUT2D eigenvalue weighted by atomic mass is 127. The molecule has 0 unspecified atom stereocenters. The molecule has 0 amide bonds. The van der Waals surface area contributed by atoms with E-state index >= 15 is 0 Å². The van der Waals surface area contributed by atoms with E-state index in [9.17, 15) is 0 Å². The van der Waals surface area contributed by atoms with Crippen LogP contribution in [0.25, 0.3) is 0 Å². The van der Waals surface area contributed by atoms with Crippen molar-refractivity contribution < 1.29 is 0 Å². The number of hydrogen-bond donors (Lipinski definition) is 0. The molecule has 0 saturated heterocycles. The van der Waals surface area contributed by atoms with Crippen molar-refractivity contribution in [2.24, 2.45) is 0 Å². The average Bonchev–Trinajstić information content (AvgIpc) is 1.69. The van der Waals surface area contributed by atoms with Crippen LogP contribution in [0.5, 0.6) is 0 Å². The van der Waals surface area contributed by atoms with Crippen LogP contribution in [0.2, 0.25) is 0 Å². The third-order valence-electron chi connectivity index (χ3n) is 0.679. The van der Waals surface area contributed by atoms with Crippen molar-refractivity contribution in [3.63, 3.8) is 0 Å². The van der Waals surface area contributed by atoms with Gasteiger partial charge in [-0.3, -0.25) is 0 Å². The van der Waals surface area contributed by atoms with Gasteiger partial charge < -0.3 is 3.02 Å². The molecular weight excluding hydrogens is 200 g/mol. The van der Waals surface area contributed by atoms with Crippen molar-refractivity contribution in [2.45, 2.75) is 0 Å². The highest BCUT2D eigenvalue weighted by molar-refractivity contribution is 14.1. The van der Waals surface area contributed by atoms with Gasteiger partial charge >= 0.3 is 0 Å². The van der Waals surface area contributed by atoms with E-state index in [4.69, 9.17) is 0 Å². The Balaban J connectivity index is 2.49. The van der Waals surface area contributed by atoms with Crippen molar-refractivity contribution in [2.75, 3.05) is 0 Å². The lowest BCUT2D eigenvalue weighted by Gasteiger charge is -2.07. The summed E-state index contributed by atoms with van der Waals surface area (Å²) in [4.78, 5) is 0. The summed E-state index contributed by atoms with van der Waals surface area (Å²) in [5.74, 6) is 1.99. The van der Waals surface area contributed by atoms with E-state index in [1.165, 1.54) is 0 Å². The zero-order chi connectivity index (χ0) is 5.11. The maximum Gasteiger partial charge on any atom is 0.288 e. The summed E-state index contributed by atoms with van der Waals surface area (Å²) in [5.41, 5.74) is 0. The molecule has 7 heavy (non-hydrogen) atoms. The van der Waals surface area contributed by atoms with E-state index in [1.54, 1.807) is 0 Å². The van der Waals surface area contributed by atoms with Crippen LogP contribution in [0.1, 0.15) is 0 Å². The normalized spacial score (nSPS) is 17.0. The fourth-order valence-electron chi connectivity index (χ4n) is 0.378. The third kappa shape index (κ3) is 1.55. The smallest absolute Gasteiger partial charge is 0.288 e. The SMILES string of the molecule is IN1[B]C=CC=C1. The highest BCUT2D eigenvalue weighted by Crippen LogP contribution is 2.00. The van der Waals surface area contributed by atoms with Gasteiger partial charge in [0.05, 0.1) is 0 Å². The minimum atomic E-state index is 1.97. The minimum absolute atomic E-state index is 1.97. The van der Waals surface area contributed by atoms with Gasteiger partial charge in [0.1, 0.15) is 0 Å². The van der Waals surface area contributed by atoms with Crippen LogP contribution in [-0.2, 0) is 0 Å². The first kappa shape index (κ1) is 5.22. The Kier molecular flexibility index (Phi) is 1.79. The number of rotatable bonds is 0. The van der Waals surface area contributed by atoms with E-state index in [0.29, 0.717) is 0 Å². The van der Waals surface area contributed by atoms with Crippen LogP contribution >= 0.6 is 22.9 Å². The number of allylic oxidation sites excluding steroid dienone is 2. The maximum atomic E-state index is 2.20. The molecular formula is C4H4BIN. The summed E-state index contributed by atoms with van der Waals surface area (Å²) >= 11 is 2.20. The number of hydrogen-bond acceptors (Lipinski definition) is 1. The van der Waals surface area contributed by atoms with Gasteiger partial charge in [0.2, 0.25) is 0 Å². The molecule has 0 aromatic rings. The topological polar surface area (TPSA) is 3.24 Å². The summed E-state index contributed by atoms with van der Waals surface area (Å²) < 4.78 is 1.97. The number of halogens is 1. The molecule has 1 heterocycles. The fourth-order valence-corrected chi connectivity index (χ4v) is 0.749. The molecule has 0 aliphatic carbocycles. The molecule has 0 atom stereocenters. The zero-order valence-electron chi connectivity index (χ0n) is 3.71. The first-order valence-electron chi connectivity index (χ1n) is 2.02. The molecule has 0 aromatic carbocycles. The van der Waals surface area contributed by atoms with Crippen molar-refractivity contribution >= 4 is 30.3 Å². The summed E-state index contributed by atoms with van der Waals surface area (Å²) in [6.45, 7) is 0. The van der Waals surface area contributed by atoms with Gasteiger partial charge in [-0.2, -0.15) is 0 Å². The van der Waals surface area contributed by atoms with Crippen LogP contribution in [0.3, 0.4) is 0 Å². The largest absolute Gasteiger partial charge is 0.365 e. The summed E-state index contributed by atoms with van der Waals surface area (Å²) in [6, 6.07) is 0. The van der Waals surface area contributed by atoms with E-state index < -0.39 is 0 Å². The fraction of sp³-hybridized carbons (Fsp3) is 0. The predicted octanol–water partition coefficient (Wildman–Crippen LogP) is 1.30. The maximum absolute atomic E-state index is 2.20. The second-order valence-electron chi connectivity index (χ2n) is 1.22. The second-order valence-corrected chi connectivity index (χ2v) is 2.33. The van der Waals surface area contributed by atoms with Gasteiger partial charge in [0.25, 0.3) is 7.41 Å². The van der Waals surface area contributed by atoms with E-state index in [-0.39, 0.29) is 0 Å². The molecule has 0 bridgehead atoms. The van der Waals surface area contributed by atoms with Gasteiger partial charge in [0, 0.05) is 22.9 Å². The van der Waals surface area contributed by atoms with E-state index in [0.717, 1.165) is 0 Å². The Bertz CT molecular complexity index is 110. The predicted molar refractivity (Wildman–Crippen MR) is 39.9 cm³/mol. The van der Waals surface area contributed by atoms with Crippen molar-refractivity contribution in [3.05, 3.63) is 24.3 Å². The Hall–Kier alpha value is 0.0749. The minimum Gasteiger partial charge on any atom is -0.365 e. The number of nitrogens with zero attached hydrogens (tertiary/aromatic N) is 1. The molecule has 1 aliphatic heterocycles. The van der Waals surface area contributed by atoms with Crippen LogP contribution < -0.4 is 0 Å². The first-order valence-corrected chi connectivity index (χ1v) is 2.98. The van der Waals surface area contributed by atoms with E-state index in [1.807, 2.05) is 34.8 Å². The summed E-state index contributed by atoms with van der Waals surface area (Å²) in [5, 5.41) is 0. The Labute approximate surface area is 57.8 Å². The summed E-state index contributed by atoms with van der Waals surface area (Å²) in [7, 11) is 1.99. The molecule has 1 rings (SSSR count). The monoisotopic (exact) mass is 204 g/mol. The Morgan fingerprint density at radius 3 is 2.57 bits per heavy atom. The van der Waals surface area contributed by atoms with Crippen LogP contribution in [0.15, 0.2) is 24.3 Å². The third-order valence-corrected chi connectivity index (χ3v) is 1.32. The zero-order valence-corrected chi connectivity index (χ0v) is 5.87. The molecule has 0 fully saturated rings. The van der Waals surface area contributed by atoms with Crippen molar-refractivity contribution in [3.8, 4) is 0 Å². The Morgan fingerprint density at radius 2 is 2.29 bits per heavy atom. The quantitative estimate of drug-likeness (QED) is 0.326. The van der Waals surface area contributed by atoms with Gasteiger partial charge in [-0.05, 0) is 12.3 Å². The molecule has 1 aliphatic rings. The lowest BCUT2D eigenvalue weighted by Crippen LogP contribution is -2.07.